The number of hydrogen-bond donors (Lipinski definition) is 1. The minimum absolute atomic E-state index is 0.117. The van der Waals surface area contributed by atoms with Crippen LogP contribution in [-0.2, 0) is 11.3 Å². The Bertz CT molecular complexity index is 636. The number of nitrogens with zero attached hydrogens (tertiary/aromatic N) is 1. The molecule has 104 valence electrons. The second-order valence-electron chi connectivity index (χ2n) is 5.01. The number of likely N-dealkylation sites (tertiary alicyclic amines) is 1. The molecule has 1 aromatic carbocycles. The van der Waals surface area contributed by atoms with Crippen LogP contribution in [-0.4, -0.2) is 16.8 Å². The number of carbonyl (C=O) groups is 1. The second kappa shape index (κ2) is 4.76. The zero-order chi connectivity index (χ0) is 14.3. The molecule has 0 spiro atoms. The lowest BCUT2D eigenvalue weighted by molar-refractivity contribution is -0.151. The molecule has 1 aromatic heterocycles. The van der Waals surface area contributed by atoms with E-state index >= 15 is 0 Å². The number of β-lactam (4-membered cyclic amide) rings is 1. The summed E-state index contributed by atoms with van der Waals surface area (Å²) in [5.74, 6) is 1.07. The van der Waals surface area contributed by atoms with Gasteiger partial charge in [-0.1, -0.05) is 12.1 Å². The Morgan fingerprint density at radius 3 is 2.55 bits per heavy atom. The van der Waals surface area contributed by atoms with Gasteiger partial charge < -0.3 is 15.1 Å². The van der Waals surface area contributed by atoms with Crippen LogP contribution in [0.15, 0.2) is 40.8 Å². The molecule has 1 saturated heterocycles. The van der Waals surface area contributed by atoms with Gasteiger partial charge in [-0.15, -0.1) is 0 Å². The summed E-state index contributed by atoms with van der Waals surface area (Å²) < 4.78 is 18.4. The van der Waals surface area contributed by atoms with E-state index in [0.717, 1.165) is 11.3 Å². The molecule has 0 aliphatic carbocycles. The van der Waals surface area contributed by atoms with Crippen LogP contribution < -0.4 is 5.73 Å². The van der Waals surface area contributed by atoms with Gasteiger partial charge in [-0.3, -0.25) is 4.79 Å². The van der Waals surface area contributed by atoms with Crippen LogP contribution in [0.4, 0.5) is 4.39 Å². The van der Waals surface area contributed by atoms with Crippen molar-refractivity contribution < 1.29 is 13.6 Å². The van der Waals surface area contributed by atoms with Gasteiger partial charge in [0.2, 0.25) is 5.91 Å². The summed E-state index contributed by atoms with van der Waals surface area (Å²) in [6.07, 6.45) is 0. The first kappa shape index (κ1) is 12.9. The SMILES string of the molecule is Cc1ccc([C@H]2[C@H](N)C(=O)N2Cc2ccc(F)cc2)o1. The predicted molar refractivity (Wildman–Crippen MR) is 71.1 cm³/mol. The number of hydrogen-bond acceptors (Lipinski definition) is 3. The van der Waals surface area contributed by atoms with Crippen LogP contribution in [0.5, 0.6) is 0 Å². The molecular weight excluding hydrogens is 259 g/mol. The molecule has 0 unspecified atom stereocenters. The molecule has 2 N–H and O–H groups in total. The van der Waals surface area contributed by atoms with Crippen LogP contribution in [0, 0.1) is 12.7 Å². The van der Waals surface area contributed by atoms with E-state index in [1.54, 1.807) is 17.0 Å². The highest BCUT2D eigenvalue weighted by atomic mass is 19.1. The van der Waals surface area contributed by atoms with Crippen LogP contribution >= 0.6 is 0 Å². The van der Waals surface area contributed by atoms with Crippen molar-refractivity contribution in [3.05, 3.63) is 59.3 Å². The van der Waals surface area contributed by atoms with Gasteiger partial charge in [0.25, 0.3) is 0 Å². The smallest absolute Gasteiger partial charge is 0.243 e. The summed E-state index contributed by atoms with van der Waals surface area (Å²) in [5, 5.41) is 0. The number of halogens is 1. The van der Waals surface area contributed by atoms with E-state index in [4.69, 9.17) is 10.2 Å². The molecule has 20 heavy (non-hydrogen) atoms. The maximum Gasteiger partial charge on any atom is 0.243 e. The summed E-state index contributed by atoms with van der Waals surface area (Å²) >= 11 is 0. The van der Waals surface area contributed by atoms with E-state index in [1.165, 1.54) is 12.1 Å². The Hall–Kier alpha value is -2.14. The van der Waals surface area contributed by atoms with E-state index in [2.05, 4.69) is 0 Å². The molecule has 0 radical (unpaired) electrons. The van der Waals surface area contributed by atoms with Gasteiger partial charge in [0.15, 0.2) is 0 Å². The molecule has 5 heteroatoms. The van der Waals surface area contributed by atoms with Gasteiger partial charge in [0, 0.05) is 6.54 Å². The Morgan fingerprint density at radius 1 is 1.25 bits per heavy atom. The molecule has 3 rings (SSSR count). The molecule has 0 saturated carbocycles. The van der Waals surface area contributed by atoms with Crippen molar-refractivity contribution in [1.82, 2.24) is 4.90 Å². The van der Waals surface area contributed by atoms with E-state index in [1.807, 2.05) is 19.1 Å². The Labute approximate surface area is 116 Å². The normalized spacial score (nSPS) is 21.9. The average Bonchev–Trinajstić information content (AvgIpc) is 2.86. The fourth-order valence-electron chi connectivity index (χ4n) is 2.48. The van der Waals surface area contributed by atoms with E-state index in [0.29, 0.717) is 12.3 Å². The molecule has 2 atom stereocenters. The maximum absolute atomic E-state index is 12.9. The van der Waals surface area contributed by atoms with Crippen LogP contribution in [0.2, 0.25) is 0 Å². The monoisotopic (exact) mass is 274 g/mol. The molecule has 1 fully saturated rings. The van der Waals surface area contributed by atoms with E-state index in [-0.39, 0.29) is 17.8 Å². The van der Waals surface area contributed by atoms with E-state index in [9.17, 15) is 9.18 Å². The molecule has 2 aromatic rings. The highest BCUT2D eigenvalue weighted by Gasteiger charge is 2.47. The minimum Gasteiger partial charge on any atom is -0.464 e. The van der Waals surface area contributed by atoms with Gasteiger partial charge in [-0.05, 0) is 36.8 Å². The Balaban J connectivity index is 1.80. The molecule has 4 nitrogen and oxygen atoms in total. The lowest BCUT2D eigenvalue weighted by Crippen LogP contribution is -2.62. The maximum atomic E-state index is 12.9. The van der Waals surface area contributed by atoms with Crippen molar-refractivity contribution >= 4 is 5.91 Å². The fraction of sp³-hybridized carbons (Fsp3) is 0.267. The highest BCUT2D eigenvalue weighted by Crippen LogP contribution is 2.35. The van der Waals surface area contributed by atoms with Crippen LogP contribution in [0.3, 0.4) is 0 Å². The quantitative estimate of drug-likeness (QED) is 0.872. The minimum atomic E-state index is -0.569. The number of amides is 1. The highest BCUT2D eigenvalue weighted by molar-refractivity contribution is 5.89. The Kier molecular flexibility index (Phi) is 3.06. The van der Waals surface area contributed by atoms with Crippen molar-refractivity contribution in [2.24, 2.45) is 5.73 Å². The standard InChI is InChI=1S/C15H15FN2O2/c1-9-2-7-12(20-9)14-13(17)15(19)18(14)8-10-3-5-11(16)6-4-10/h2-7,13-14H,8,17H2,1H3/t13-,14-/m0/s1. The van der Waals surface area contributed by atoms with E-state index < -0.39 is 6.04 Å². The van der Waals surface area contributed by atoms with Crippen molar-refractivity contribution in [3.8, 4) is 0 Å². The first-order chi connectivity index (χ1) is 9.56. The summed E-state index contributed by atoms with van der Waals surface area (Å²) in [6, 6.07) is 8.96. The third-order valence-corrected chi connectivity index (χ3v) is 3.56. The third kappa shape index (κ3) is 2.10. The molecular formula is C15H15FN2O2. The number of nitrogens with two attached hydrogens (primary N) is 1. The summed E-state index contributed by atoms with van der Waals surface area (Å²) in [4.78, 5) is 13.6. The number of furan rings is 1. The first-order valence-electron chi connectivity index (χ1n) is 6.43. The fourth-order valence-corrected chi connectivity index (χ4v) is 2.48. The summed E-state index contributed by atoms with van der Waals surface area (Å²) in [7, 11) is 0. The van der Waals surface area contributed by atoms with Crippen molar-refractivity contribution in [1.29, 1.82) is 0 Å². The molecule has 2 heterocycles. The number of aryl methyl sites for hydroxylation is 1. The average molecular weight is 274 g/mol. The summed E-state index contributed by atoms with van der Waals surface area (Å²) in [5.41, 5.74) is 6.73. The van der Waals surface area contributed by atoms with Crippen molar-refractivity contribution in [2.75, 3.05) is 0 Å². The second-order valence-corrected chi connectivity index (χ2v) is 5.01. The molecule has 0 bridgehead atoms. The molecule has 1 aliphatic heterocycles. The largest absolute Gasteiger partial charge is 0.464 e. The van der Waals surface area contributed by atoms with Gasteiger partial charge in [-0.2, -0.15) is 0 Å². The van der Waals surface area contributed by atoms with Crippen LogP contribution in [0.25, 0.3) is 0 Å². The third-order valence-electron chi connectivity index (χ3n) is 3.56. The van der Waals surface area contributed by atoms with Crippen molar-refractivity contribution in [2.45, 2.75) is 25.6 Å². The number of carbonyl (C=O) groups excluding carboxylic acids is 1. The van der Waals surface area contributed by atoms with Crippen LogP contribution in [0.1, 0.15) is 23.1 Å². The first-order valence-corrected chi connectivity index (χ1v) is 6.43. The number of benzene rings is 1. The van der Waals surface area contributed by atoms with Gasteiger partial charge >= 0.3 is 0 Å². The molecule has 1 aliphatic rings. The lowest BCUT2D eigenvalue weighted by Gasteiger charge is -2.44. The predicted octanol–water partition coefficient (Wildman–Crippen LogP) is 2.14. The zero-order valence-electron chi connectivity index (χ0n) is 11.0. The van der Waals surface area contributed by atoms with Gasteiger partial charge in [-0.25, -0.2) is 4.39 Å². The zero-order valence-corrected chi connectivity index (χ0v) is 11.0. The molecule has 1 amide bonds. The topological polar surface area (TPSA) is 59.5 Å². The number of rotatable bonds is 3. The Morgan fingerprint density at radius 2 is 1.95 bits per heavy atom. The summed E-state index contributed by atoms with van der Waals surface area (Å²) in [6.45, 7) is 2.25. The van der Waals surface area contributed by atoms with Gasteiger partial charge in [0.1, 0.15) is 29.4 Å². The van der Waals surface area contributed by atoms with Crippen molar-refractivity contribution in [3.63, 3.8) is 0 Å². The lowest BCUT2D eigenvalue weighted by atomic mass is 9.93. The van der Waals surface area contributed by atoms with Gasteiger partial charge in [0.05, 0.1) is 0 Å².